The van der Waals surface area contributed by atoms with E-state index in [1.165, 1.54) is 0 Å². The molecular weight excluding hydrogens is 487 g/mol. The number of carbonyl (C=O) groups is 3. The van der Waals surface area contributed by atoms with Gasteiger partial charge < -0.3 is 29.9 Å². The second-order valence-electron chi connectivity index (χ2n) is 5.25. The van der Waals surface area contributed by atoms with Crippen LogP contribution in [0.5, 0.6) is 0 Å². The van der Waals surface area contributed by atoms with E-state index in [1.807, 2.05) is 6.92 Å². The smallest absolute Gasteiger partial charge is 0.478 e. The van der Waals surface area contributed by atoms with E-state index >= 15 is 0 Å². The van der Waals surface area contributed by atoms with Crippen molar-refractivity contribution in [3.8, 4) is 0 Å². The van der Waals surface area contributed by atoms with E-state index in [-0.39, 0.29) is 38.2 Å². The number of aliphatic hydroxyl groups excluding tert-OH is 1. The summed E-state index contributed by atoms with van der Waals surface area (Å²) in [4.78, 5) is 27.8. The molecule has 0 aliphatic carbocycles. The van der Waals surface area contributed by atoms with Gasteiger partial charge in [0.1, 0.15) is 0 Å². The molecule has 0 aliphatic heterocycles. The Hall–Kier alpha value is -2.13. The van der Waals surface area contributed by atoms with Crippen LogP contribution in [0.1, 0.15) is 13.3 Å². The van der Waals surface area contributed by atoms with Crippen molar-refractivity contribution in [3.63, 3.8) is 0 Å². The summed E-state index contributed by atoms with van der Waals surface area (Å²) in [5.74, 6) is -2.94. The second kappa shape index (κ2) is 30.1. The number of hydrogen-bond donors (Lipinski definition) is 4. The fourth-order valence-corrected chi connectivity index (χ4v) is 1.17. The van der Waals surface area contributed by atoms with Gasteiger partial charge in [-0.05, 0) is 6.42 Å². The minimum absolute atomic E-state index is 0. The maximum atomic E-state index is 9.36. The van der Waals surface area contributed by atoms with Crippen LogP contribution in [-0.2, 0) is 50.1 Å². The fraction of sp³-hybridized carbons (Fsp3) is 0.381. The molecule has 0 bridgehead atoms. The molecule has 0 saturated carbocycles. The summed E-state index contributed by atoms with van der Waals surface area (Å²) >= 11 is 0. The predicted molar refractivity (Wildman–Crippen MR) is 115 cm³/mol. The Morgan fingerprint density at radius 3 is 1.16 bits per heavy atom. The molecule has 0 aromatic heterocycles. The van der Waals surface area contributed by atoms with Gasteiger partial charge in [0.15, 0.2) is 0 Å². The van der Waals surface area contributed by atoms with Crippen LogP contribution in [0.15, 0.2) is 63.3 Å². The Morgan fingerprint density at radius 1 is 0.774 bits per heavy atom. The fourth-order valence-electron chi connectivity index (χ4n) is 1.17. The zero-order valence-corrected chi connectivity index (χ0v) is 20.5. The van der Waals surface area contributed by atoms with Crippen LogP contribution in [-0.4, -0.2) is 71.4 Å². The number of carboxylic acid groups (broad SMARTS) is 3. The first-order chi connectivity index (χ1) is 14.1. The SMILES string of the molecule is C=CC(=O)O.C=CC(=O)O.C=CC(=O)O.C=CCOCC(CC)(CO)COCC=C.[Zr+4]. The summed E-state index contributed by atoms with van der Waals surface area (Å²) < 4.78 is 10.8. The van der Waals surface area contributed by atoms with Gasteiger partial charge in [-0.1, -0.05) is 38.8 Å². The van der Waals surface area contributed by atoms with E-state index in [4.69, 9.17) is 24.8 Å². The third-order valence-corrected chi connectivity index (χ3v) is 2.90. The van der Waals surface area contributed by atoms with Gasteiger partial charge in [-0.25, -0.2) is 14.4 Å². The van der Waals surface area contributed by atoms with Crippen molar-refractivity contribution in [2.75, 3.05) is 33.0 Å². The first-order valence-corrected chi connectivity index (χ1v) is 8.60. The molecule has 0 aromatic carbocycles. The number of carboxylic acids is 3. The van der Waals surface area contributed by atoms with Gasteiger partial charge in [0.2, 0.25) is 0 Å². The second-order valence-corrected chi connectivity index (χ2v) is 5.25. The quantitative estimate of drug-likeness (QED) is 0.163. The van der Waals surface area contributed by atoms with Crippen molar-refractivity contribution in [2.24, 2.45) is 5.41 Å². The summed E-state index contributed by atoms with van der Waals surface area (Å²) in [6.45, 7) is 20.1. The van der Waals surface area contributed by atoms with E-state index in [1.54, 1.807) is 12.2 Å². The summed E-state index contributed by atoms with van der Waals surface area (Å²) in [5.41, 5.74) is -0.300. The molecule has 172 valence electrons. The van der Waals surface area contributed by atoms with Gasteiger partial charge in [-0.15, -0.1) is 13.2 Å². The minimum atomic E-state index is -0.981. The van der Waals surface area contributed by atoms with Gasteiger partial charge >= 0.3 is 44.1 Å². The van der Waals surface area contributed by atoms with Crippen molar-refractivity contribution in [3.05, 3.63) is 63.3 Å². The largest absolute Gasteiger partial charge is 4.00 e. The number of aliphatic hydroxyl groups is 1. The van der Waals surface area contributed by atoms with Crippen LogP contribution >= 0.6 is 0 Å². The monoisotopic (exact) mass is 520 g/mol. The molecule has 0 unspecified atom stereocenters. The molecule has 10 heteroatoms. The van der Waals surface area contributed by atoms with Crippen LogP contribution < -0.4 is 0 Å². The van der Waals surface area contributed by atoms with E-state index in [0.717, 1.165) is 24.6 Å². The number of aliphatic carboxylic acids is 3. The molecule has 0 aliphatic rings. The predicted octanol–water partition coefficient (Wildman–Crippen LogP) is 2.55. The summed E-state index contributed by atoms with van der Waals surface area (Å²) in [6.07, 6.45) is 6.71. The molecule has 31 heavy (non-hydrogen) atoms. The van der Waals surface area contributed by atoms with Crippen LogP contribution in [0.3, 0.4) is 0 Å². The van der Waals surface area contributed by atoms with Crippen molar-refractivity contribution < 1.29 is 70.5 Å². The first kappa shape index (κ1) is 39.4. The van der Waals surface area contributed by atoms with E-state index < -0.39 is 17.9 Å². The molecule has 0 fully saturated rings. The molecular formula is C21H34O9Zr+4. The van der Waals surface area contributed by atoms with E-state index in [9.17, 15) is 19.5 Å². The van der Waals surface area contributed by atoms with Crippen molar-refractivity contribution in [1.29, 1.82) is 0 Å². The van der Waals surface area contributed by atoms with Gasteiger partial charge in [0.05, 0.1) is 33.0 Å². The molecule has 0 radical (unpaired) electrons. The molecule has 0 heterocycles. The minimum Gasteiger partial charge on any atom is -0.478 e. The van der Waals surface area contributed by atoms with Crippen LogP contribution in [0, 0.1) is 5.41 Å². The Kier molecular flexibility index (Phi) is 38.2. The van der Waals surface area contributed by atoms with Crippen molar-refractivity contribution in [1.82, 2.24) is 0 Å². The summed E-state index contributed by atoms with van der Waals surface area (Å²) in [7, 11) is 0. The zero-order chi connectivity index (χ0) is 24.4. The Labute approximate surface area is 203 Å². The van der Waals surface area contributed by atoms with Crippen LogP contribution in [0.4, 0.5) is 0 Å². The zero-order valence-electron chi connectivity index (χ0n) is 18.0. The molecule has 0 atom stereocenters. The topological polar surface area (TPSA) is 151 Å². The average molecular weight is 522 g/mol. The normalized spacial score (nSPS) is 8.58. The number of rotatable bonds is 13. The molecule has 0 saturated heterocycles. The first-order valence-electron chi connectivity index (χ1n) is 8.60. The molecule has 0 amide bonds. The van der Waals surface area contributed by atoms with Crippen LogP contribution in [0.25, 0.3) is 0 Å². The Bertz CT molecular complexity index is 468. The number of hydrogen-bond acceptors (Lipinski definition) is 6. The summed E-state index contributed by atoms with van der Waals surface area (Å²) in [6, 6.07) is 0. The van der Waals surface area contributed by atoms with Gasteiger partial charge in [-0.2, -0.15) is 0 Å². The maximum absolute atomic E-state index is 9.36. The maximum Gasteiger partial charge on any atom is 4.00 e. The molecule has 0 aromatic rings. The summed E-state index contributed by atoms with van der Waals surface area (Å²) in [5, 5.41) is 32.2. The van der Waals surface area contributed by atoms with Crippen LogP contribution in [0.2, 0.25) is 0 Å². The Balaban J connectivity index is -0.000000116. The number of ether oxygens (including phenoxy) is 2. The molecule has 0 rings (SSSR count). The van der Waals surface area contributed by atoms with E-state index in [2.05, 4.69) is 32.9 Å². The van der Waals surface area contributed by atoms with Crippen molar-refractivity contribution in [2.45, 2.75) is 13.3 Å². The molecule has 0 spiro atoms. The van der Waals surface area contributed by atoms with Crippen molar-refractivity contribution >= 4 is 17.9 Å². The van der Waals surface area contributed by atoms with Gasteiger partial charge in [-0.3, -0.25) is 0 Å². The third-order valence-electron chi connectivity index (χ3n) is 2.90. The molecule has 9 nitrogen and oxygen atoms in total. The average Bonchev–Trinajstić information content (AvgIpc) is 2.74. The molecule has 4 N–H and O–H groups in total. The van der Waals surface area contributed by atoms with E-state index in [0.29, 0.717) is 26.4 Å². The Morgan fingerprint density at radius 2 is 1.03 bits per heavy atom. The van der Waals surface area contributed by atoms with Gasteiger partial charge in [0, 0.05) is 23.6 Å². The third kappa shape index (κ3) is 39.0. The standard InChI is InChI=1S/C12H22O3.3C3H4O2.Zr/c1-4-7-14-10-12(6-3,9-13)11-15-8-5-2;3*1-2-3(4)5;/h4-5,13H,1-2,6-11H2,3H3;3*2H,1H2,(H,4,5);/q;;;;+4. The van der Waals surface area contributed by atoms with Gasteiger partial charge in [0.25, 0.3) is 0 Å².